The summed E-state index contributed by atoms with van der Waals surface area (Å²) in [6, 6.07) is 18.8. The van der Waals surface area contributed by atoms with Gasteiger partial charge in [0, 0.05) is 5.69 Å². The highest BCUT2D eigenvalue weighted by atomic mass is 19.1. The smallest absolute Gasteiger partial charge is 0.282 e. The van der Waals surface area contributed by atoms with Crippen molar-refractivity contribution in [3.8, 4) is 0 Å². The number of benzene rings is 3. The summed E-state index contributed by atoms with van der Waals surface area (Å²) in [5, 5.41) is 2.99. The molecule has 0 saturated heterocycles. The maximum Gasteiger partial charge on any atom is 0.282 e. The fourth-order valence-electron chi connectivity index (χ4n) is 3.64. The van der Waals surface area contributed by atoms with E-state index in [0.717, 1.165) is 23.1 Å². The number of anilines is 2. The molecule has 4 nitrogen and oxygen atoms in total. The lowest BCUT2D eigenvalue weighted by molar-refractivity contribution is -0.120. The van der Waals surface area contributed by atoms with Crippen molar-refractivity contribution in [3.63, 3.8) is 0 Å². The summed E-state index contributed by atoms with van der Waals surface area (Å²) >= 11 is 0. The minimum atomic E-state index is -0.466. The average Bonchev–Trinajstić information content (AvgIpc) is 3.00. The molecule has 1 aliphatic rings. The van der Waals surface area contributed by atoms with Crippen LogP contribution in [0.5, 0.6) is 0 Å². The first-order valence-electron chi connectivity index (χ1n) is 10.2. The predicted octanol–water partition coefficient (Wildman–Crippen LogP) is 5.40. The van der Waals surface area contributed by atoms with Gasteiger partial charge in [0.15, 0.2) is 0 Å². The minimum absolute atomic E-state index is 0.137. The summed E-state index contributed by atoms with van der Waals surface area (Å²) in [5.41, 5.74) is 5.19. The highest BCUT2D eigenvalue weighted by Crippen LogP contribution is 2.34. The van der Waals surface area contributed by atoms with Gasteiger partial charge in [-0.2, -0.15) is 0 Å². The zero-order chi connectivity index (χ0) is 22.1. The molecule has 3 aromatic rings. The first-order chi connectivity index (χ1) is 14.9. The van der Waals surface area contributed by atoms with Gasteiger partial charge in [-0.15, -0.1) is 0 Å². The van der Waals surface area contributed by atoms with Gasteiger partial charge in [0.25, 0.3) is 11.8 Å². The third-order valence-corrected chi connectivity index (χ3v) is 5.58. The van der Waals surface area contributed by atoms with Crippen molar-refractivity contribution < 1.29 is 14.0 Å². The molecule has 156 valence electrons. The zero-order valence-corrected chi connectivity index (χ0v) is 17.7. The Labute approximate surface area is 181 Å². The molecule has 1 N–H and O–H groups in total. The summed E-state index contributed by atoms with van der Waals surface area (Å²) in [6.07, 6.45) is 0.862. The van der Waals surface area contributed by atoms with E-state index in [-0.39, 0.29) is 11.3 Å². The quantitative estimate of drug-likeness (QED) is 0.569. The highest BCUT2D eigenvalue weighted by molar-refractivity contribution is 6.46. The average molecular weight is 414 g/mol. The van der Waals surface area contributed by atoms with E-state index in [1.54, 1.807) is 24.3 Å². The molecule has 0 aromatic heterocycles. The molecule has 1 heterocycles. The molecule has 2 amide bonds. The van der Waals surface area contributed by atoms with Crippen LogP contribution >= 0.6 is 0 Å². The largest absolute Gasteiger partial charge is 0.350 e. The molecule has 0 unspecified atom stereocenters. The molecule has 0 radical (unpaired) electrons. The molecule has 0 saturated carbocycles. The van der Waals surface area contributed by atoms with Crippen LogP contribution in [0, 0.1) is 19.7 Å². The maximum atomic E-state index is 13.7. The monoisotopic (exact) mass is 414 g/mol. The molecular weight excluding hydrogens is 391 g/mol. The third-order valence-electron chi connectivity index (χ3n) is 5.58. The standard InChI is InChI=1S/C26H23FN2O2/c1-4-18-9-12-22(13-10-18)29-25(30)23(19-11-8-16(2)17(3)14-19)24(26(29)31)28-21-7-5-6-20(27)15-21/h5-15,28H,4H2,1-3H3. The first kappa shape index (κ1) is 20.5. The van der Waals surface area contributed by atoms with Crippen LogP contribution in [-0.4, -0.2) is 11.8 Å². The Morgan fingerprint density at radius 3 is 2.26 bits per heavy atom. The van der Waals surface area contributed by atoms with Crippen LogP contribution in [0.4, 0.5) is 15.8 Å². The number of nitrogens with zero attached hydrogens (tertiary/aromatic N) is 1. The number of aryl methyl sites for hydroxylation is 3. The Bertz CT molecular complexity index is 1210. The number of halogens is 1. The van der Waals surface area contributed by atoms with Crippen molar-refractivity contribution in [2.24, 2.45) is 0 Å². The molecule has 31 heavy (non-hydrogen) atoms. The molecule has 0 aliphatic carbocycles. The van der Waals surface area contributed by atoms with Gasteiger partial charge in [-0.1, -0.05) is 43.3 Å². The van der Waals surface area contributed by atoms with E-state index >= 15 is 0 Å². The summed E-state index contributed by atoms with van der Waals surface area (Å²) in [7, 11) is 0. The molecule has 0 atom stereocenters. The van der Waals surface area contributed by atoms with Gasteiger partial charge in [-0.25, -0.2) is 9.29 Å². The van der Waals surface area contributed by atoms with E-state index in [1.165, 1.54) is 17.0 Å². The zero-order valence-electron chi connectivity index (χ0n) is 17.7. The lowest BCUT2D eigenvalue weighted by Gasteiger charge is -2.16. The Kier molecular flexibility index (Phi) is 5.42. The predicted molar refractivity (Wildman–Crippen MR) is 121 cm³/mol. The van der Waals surface area contributed by atoms with E-state index in [0.29, 0.717) is 16.9 Å². The van der Waals surface area contributed by atoms with Crippen LogP contribution in [0.1, 0.15) is 29.2 Å². The number of imide groups is 1. The number of rotatable bonds is 5. The van der Waals surface area contributed by atoms with Crippen molar-refractivity contribution >= 4 is 28.8 Å². The van der Waals surface area contributed by atoms with E-state index in [2.05, 4.69) is 5.32 Å². The van der Waals surface area contributed by atoms with Crippen molar-refractivity contribution in [2.45, 2.75) is 27.2 Å². The van der Waals surface area contributed by atoms with Crippen LogP contribution in [0.25, 0.3) is 5.57 Å². The molecule has 1 aliphatic heterocycles. The summed E-state index contributed by atoms with van der Waals surface area (Å²) in [6.45, 7) is 5.99. The molecule has 5 heteroatoms. The Hall–Kier alpha value is -3.73. The topological polar surface area (TPSA) is 49.4 Å². The van der Waals surface area contributed by atoms with Gasteiger partial charge in [0.1, 0.15) is 11.5 Å². The van der Waals surface area contributed by atoms with E-state index < -0.39 is 17.6 Å². The molecule has 4 rings (SSSR count). The van der Waals surface area contributed by atoms with Gasteiger partial charge in [0.2, 0.25) is 0 Å². The molecular formula is C26H23FN2O2. The molecule has 0 spiro atoms. The third kappa shape index (κ3) is 3.87. The number of nitrogens with one attached hydrogen (secondary N) is 1. The van der Waals surface area contributed by atoms with Gasteiger partial charge < -0.3 is 5.32 Å². The van der Waals surface area contributed by atoms with Gasteiger partial charge in [0.05, 0.1) is 11.3 Å². The fourth-order valence-corrected chi connectivity index (χ4v) is 3.64. The number of carbonyl (C=O) groups excluding carboxylic acids is 2. The molecule has 3 aromatic carbocycles. The SMILES string of the molecule is CCc1ccc(N2C(=O)C(Nc3cccc(F)c3)=C(c3ccc(C)c(C)c3)C2=O)cc1. The number of hydrogen-bond donors (Lipinski definition) is 1. The molecule has 0 fully saturated rings. The van der Waals surface area contributed by atoms with Crippen molar-refractivity contribution in [3.05, 3.63) is 100 Å². The van der Waals surface area contributed by atoms with E-state index in [9.17, 15) is 14.0 Å². The van der Waals surface area contributed by atoms with Crippen LogP contribution in [0.3, 0.4) is 0 Å². The van der Waals surface area contributed by atoms with Gasteiger partial charge >= 0.3 is 0 Å². The second-order valence-corrected chi connectivity index (χ2v) is 7.65. The summed E-state index contributed by atoms with van der Waals surface area (Å²) in [4.78, 5) is 28.0. The van der Waals surface area contributed by atoms with E-state index in [1.807, 2.05) is 51.1 Å². The maximum absolute atomic E-state index is 13.7. The van der Waals surface area contributed by atoms with Crippen LogP contribution in [0.15, 0.2) is 72.4 Å². The lowest BCUT2D eigenvalue weighted by Crippen LogP contribution is -2.32. The van der Waals surface area contributed by atoms with Crippen LogP contribution in [0.2, 0.25) is 0 Å². The van der Waals surface area contributed by atoms with Crippen LogP contribution < -0.4 is 10.2 Å². The highest BCUT2D eigenvalue weighted by Gasteiger charge is 2.40. The fraction of sp³-hybridized carbons (Fsp3) is 0.154. The lowest BCUT2D eigenvalue weighted by atomic mass is 9.99. The normalized spacial score (nSPS) is 13.9. The van der Waals surface area contributed by atoms with Crippen molar-refractivity contribution in [1.82, 2.24) is 0 Å². The Morgan fingerprint density at radius 2 is 1.61 bits per heavy atom. The summed E-state index contributed by atoms with van der Waals surface area (Å²) < 4.78 is 13.7. The first-order valence-corrected chi connectivity index (χ1v) is 10.2. The Morgan fingerprint density at radius 1 is 0.871 bits per heavy atom. The number of amides is 2. The summed E-state index contributed by atoms with van der Waals surface area (Å²) in [5.74, 6) is -1.30. The minimum Gasteiger partial charge on any atom is -0.350 e. The molecule has 0 bridgehead atoms. The number of hydrogen-bond acceptors (Lipinski definition) is 3. The number of carbonyl (C=O) groups is 2. The Balaban J connectivity index is 1.82. The van der Waals surface area contributed by atoms with Crippen LogP contribution in [-0.2, 0) is 16.0 Å². The van der Waals surface area contributed by atoms with Gasteiger partial charge in [-0.05, 0) is 72.9 Å². The van der Waals surface area contributed by atoms with Crippen molar-refractivity contribution in [1.29, 1.82) is 0 Å². The van der Waals surface area contributed by atoms with E-state index in [4.69, 9.17) is 0 Å². The van der Waals surface area contributed by atoms with Gasteiger partial charge in [-0.3, -0.25) is 9.59 Å². The van der Waals surface area contributed by atoms with Crippen molar-refractivity contribution in [2.75, 3.05) is 10.2 Å². The second kappa shape index (κ2) is 8.19. The second-order valence-electron chi connectivity index (χ2n) is 7.65.